The number of aliphatic carboxylic acids is 1. The van der Waals surface area contributed by atoms with Gasteiger partial charge < -0.3 is 10.4 Å². The minimum Gasteiger partial charge on any atom is -0.481 e. The van der Waals surface area contributed by atoms with E-state index < -0.39 is 11.9 Å². The summed E-state index contributed by atoms with van der Waals surface area (Å²) in [6, 6.07) is 7.94. The summed E-state index contributed by atoms with van der Waals surface area (Å²) in [6.07, 6.45) is 1.73. The Morgan fingerprint density at radius 2 is 2.17 bits per heavy atom. The van der Waals surface area contributed by atoms with Crippen molar-refractivity contribution < 1.29 is 14.7 Å². The van der Waals surface area contributed by atoms with Crippen molar-refractivity contribution in [2.75, 3.05) is 6.54 Å². The zero-order chi connectivity index (χ0) is 13.1. The lowest BCUT2D eigenvalue weighted by atomic mass is 10.0. The van der Waals surface area contributed by atoms with E-state index in [-0.39, 0.29) is 18.4 Å². The second-order valence-corrected chi connectivity index (χ2v) is 4.77. The van der Waals surface area contributed by atoms with Crippen molar-refractivity contribution in [2.24, 2.45) is 5.92 Å². The molecule has 0 fully saturated rings. The molecule has 1 aliphatic carbocycles. The molecule has 0 aromatic heterocycles. The van der Waals surface area contributed by atoms with E-state index in [1.807, 2.05) is 24.3 Å². The van der Waals surface area contributed by atoms with E-state index in [1.54, 1.807) is 6.92 Å². The minimum absolute atomic E-state index is 0.0620. The summed E-state index contributed by atoms with van der Waals surface area (Å²) < 4.78 is 0. The molecule has 2 N–H and O–H groups in total. The predicted octanol–water partition coefficient (Wildman–Crippen LogP) is 1.55. The standard InChI is InChI=1S/C14H17NO3/c1-9(14(17)18)8-15-13(16)12-7-6-10-4-2-3-5-11(10)12/h2-5,9,12H,6-8H2,1H3,(H,15,16)(H,17,18). The van der Waals surface area contributed by atoms with Crippen molar-refractivity contribution in [1.82, 2.24) is 5.32 Å². The van der Waals surface area contributed by atoms with Crippen LogP contribution in [-0.2, 0) is 16.0 Å². The number of aryl methyl sites for hydroxylation is 1. The van der Waals surface area contributed by atoms with Crippen LogP contribution in [0.3, 0.4) is 0 Å². The van der Waals surface area contributed by atoms with Crippen LogP contribution in [0.5, 0.6) is 0 Å². The van der Waals surface area contributed by atoms with Crippen molar-refractivity contribution in [2.45, 2.75) is 25.7 Å². The van der Waals surface area contributed by atoms with Gasteiger partial charge in [0.25, 0.3) is 0 Å². The van der Waals surface area contributed by atoms with Crippen LogP contribution in [-0.4, -0.2) is 23.5 Å². The summed E-state index contributed by atoms with van der Waals surface area (Å²) in [7, 11) is 0. The predicted molar refractivity (Wildman–Crippen MR) is 67.3 cm³/mol. The van der Waals surface area contributed by atoms with Gasteiger partial charge in [-0.25, -0.2) is 0 Å². The van der Waals surface area contributed by atoms with Gasteiger partial charge in [0.1, 0.15) is 0 Å². The van der Waals surface area contributed by atoms with Crippen LogP contribution in [0.2, 0.25) is 0 Å². The first-order valence-corrected chi connectivity index (χ1v) is 6.18. The molecule has 0 bridgehead atoms. The number of carboxylic acids is 1. The Hall–Kier alpha value is -1.84. The quantitative estimate of drug-likeness (QED) is 0.848. The fourth-order valence-electron chi connectivity index (χ4n) is 2.29. The first-order valence-electron chi connectivity index (χ1n) is 6.18. The Morgan fingerprint density at radius 3 is 2.89 bits per heavy atom. The molecular weight excluding hydrogens is 230 g/mol. The average molecular weight is 247 g/mol. The van der Waals surface area contributed by atoms with Crippen LogP contribution >= 0.6 is 0 Å². The molecule has 2 rings (SSSR count). The average Bonchev–Trinajstić information content (AvgIpc) is 2.79. The molecular formula is C14H17NO3. The van der Waals surface area contributed by atoms with E-state index in [0.29, 0.717) is 0 Å². The molecule has 0 radical (unpaired) electrons. The summed E-state index contributed by atoms with van der Waals surface area (Å²) in [5, 5.41) is 11.5. The van der Waals surface area contributed by atoms with Gasteiger partial charge in [-0.15, -0.1) is 0 Å². The highest BCUT2D eigenvalue weighted by molar-refractivity contribution is 5.85. The smallest absolute Gasteiger partial charge is 0.308 e. The molecule has 0 saturated heterocycles. The van der Waals surface area contributed by atoms with Crippen LogP contribution in [0, 0.1) is 5.92 Å². The van der Waals surface area contributed by atoms with E-state index in [9.17, 15) is 9.59 Å². The molecule has 96 valence electrons. The number of fused-ring (bicyclic) bond motifs is 1. The summed E-state index contributed by atoms with van der Waals surface area (Å²) >= 11 is 0. The number of hydrogen-bond acceptors (Lipinski definition) is 2. The van der Waals surface area contributed by atoms with Gasteiger partial charge in [-0.1, -0.05) is 31.2 Å². The van der Waals surface area contributed by atoms with Gasteiger partial charge in [0.2, 0.25) is 5.91 Å². The maximum Gasteiger partial charge on any atom is 0.308 e. The SMILES string of the molecule is CC(CNC(=O)C1CCc2ccccc21)C(=O)O. The molecule has 0 spiro atoms. The van der Waals surface area contributed by atoms with Gasteiger partial charge in [0.05, 0.1) is 11.8 Å². The highest BCUT2D eigenvalue weighted by Gasteiger charge is 2.28. The molecule has 4 heteroatoms. The normalized spacial score (nSPS) is 19.1. The monoisotopic (exact) mass is 247 g/mol. The molecule has 2 atom stereocenters. The molecule has 18 heavy (non-hydrogen) atoms. The van der Waals surface area contributed by atoms with Crippen molar-refractivity contribution in [3.05, 3.63) is 35.4 Å². The van der Waals surface area contributed by atoms with Crippen LogP contribution < -0.4 is 5.32 Å². The molecule has 0 heterocycles. The number of rotatable bonds is 4. The number of amides is 1. The summed E-state index contributed by atoms with van der Waals surface area (Å²) in [6.45, 7) is 1.78. The number of carboxylic acid groups (broad SMARTS) is 1. The van der Waals surface area contributed by atoms with E-state index in [2.05, 4.69) is 5.32 Å². The van der Waals surface area contributed by atoms with Gasteiger partial charge in [-0.05, 0) is 24.0 Å². The largest absolute Gasteiger partial charge is 0.481 e. The number of carbonyl (C=O) groups is 2. The fraction of sp³-hybridized carbons (Fsp3) is 0.429. The molecule has 1 aliphatic rings. The van der Waals surface area contributed by atoms with Crippen molar-refractivity contribution in [3.63, 3.8) is 0 Å². The Balaban J connectivity index is 1.97. The van der Waals surface area contributed by atoms with Crippen LogP contribution in [0.25, 0.3) is 0 Å². The van der Waals surface area contributed by atoms with Gasteiger partial charge >= 0.3 is 5.97 Å². The maximum absolute atomic E-state index is 12.0. The number of hydrogen-bond donors (Lipinski definition) is 2. The lowest BCUT2D eigenvalue weighted by molar-refractivity contribution is -0.141. The second-order valence-electron chi connectivity index (χ2n) is 4.77. The molecule has 0 saturated carbocycles. The van der Waals surface area contributed by atoms with E-state index in [0.717, 1.165) is 18.4 Å². The lowest BCUT2D eigenvalue weighted by Crippen LogP contribution is -2.34. The Morgan fingerprint density at radius 1 is 1.44 bits per heavy atom. The highest BCUT2D eigenvalue weighted by atomic mass is 16.4. The molecule has 1 aromatic carbocycles. The molecule has 4 nitrogen and oxygen atoms in total. The van der Waals surface area contributed by atoms with E-state index in [1.165, 1.54) is 5.56 Å². The first-order chi connectivity index (χ1) is 8.59. The Labute approximate surface area is 106 Å². The Kier molecular flexibility index (Phi) is 3.65. The van der Waals surface area contributed by atoms with Crippen molar-refractivity contribution in [3.8, 4) is 0 Å². The van der Waals surface area contributed by atoms with Gasteiger partial charge in [-0.3, -0.25) is 9.59 Å². The number of carbonyl (C=O) groups excluding carboxylic acids is 1. The maximum atomic E-state index is 12.0. The lowest BCUT2D eigenvalue weighted by Gasteiger charge is -2.13. The minimum atomic E-state index is -0.887. The third kappa shape index (κ3) is 2.53. The van der Waals surface area contributed by atoms with Gasteiger partial charge in [0.15, 0.2) is 0 Å². The molecule has 0 aliphatic heterocycles. The van der Waals surface area contributed by atoms with Gasteiger partial charge in [0, 0.05) is 6.54 Å². The summed E-state index contributed by atoms with van der Waals surface area (Å²) in [5.74, 6) is -1.62. The van der Waals surface area contributed by atoms with E-state index >= 15 is 0 Å². The summed E-state index contributed by atoms with van der Waals surface area (Å²) in [4.78, 5) is 22.7. The number of nitrogens with one attached hydrogen (secondary N) is 1. The van der Waals surface area contributed by atoms with Crippen molar-refractivity contribution in [1.29, 1.82) is 0 Å². The molecule has 1 amide bonds. The number of benzene rings is 1. The Bertz CT molecular complexity index is 470. The summed E-state index contributed by atoms with van der Waals surface area (Å²) in [5.41, 5.74) is 2.31. The van der Waals surface area contributed by atoms with Crippen LogP contribution in [0.15, 0.2) is 24.3 Å². The fourth-order valence-corrected chi connectivity index (χ4v) is 2.29. The third-order valence-electron chi connectivity index (χ3n) is 3.45. The molecule has 2 unspecified atom stereocenters. The zero-order valence-corrected chi connectivity index (χ0v) is 10.3. The van der Waals surface area contributed by atoms with Crippen molar-refractivity contribution >= 4 is 11.9 Å². The van der Waals surface area contributed by atoms with Gasteiger partial charge in [-0.2, -0.15) is 0 Å². The zero-order valence-electron chi connectivity index (χ0n) is 10.3. The second kappa shape index (κ2) is 5.21. The third-order valence-corrected chi connectivity index (χ3v) is 3.45. The molecule has 1 aromatic rings. The van der Waals surface area contributed by atoms with Crippen LogP contribution in [0.4, 0.5) is 0 Å². The van der Waals surface area contributed by atoms with Crippen LogP contribution in [0.1, 0.15) is 30.4 Å². The topological polar surface area (TPSA) is 66.4 Å². The highest BCUT2D eigenvalue weighted by Crippen LogP contribution is 2.32. The van der Waals surface area contributed by atoms with E-state index in [4.69, 9.17) is 5.11 Å². The first kappa shape index (κ1) is 12.6.